The molecule has 1 aromatic heterocycles. The van der Waals surface area contributed by atoms with Gasteiger partial charge in [0, 0.05) is 19.2 Å². The van der Waals surface area contributed by atoms with E-state index in [1.165, 1.54) is 29.2 Å². The molecule has 0 aliphatic carbocycles. The number of benzene rings is 2. The lowest BCUT2D eigenvalue weighted by Gasteiger charge is -2.24. The maximum absolute atomic E-state index is 14.2. The molecule has 2 aromatic carbocycles. The predicted molar refractivity (Wildman–Crippen MR) is 113 cm³/mol. The Morgan fingerprint density at radius 1 is 1.03 bits per heavy atom. The van der Waals surface area contributed by atoms with Gasteiger partial charge in [0.05, 0.1) is 10.3 Å². The Morgan fingerprint density at radius 3 is 2.38 bits per heavy atom. The van der Waals surface area contributed by atoms with Gasteiger partial charge in [-0.2, -0.15) is 0 Å². The molecule has 0 bridgehead atoms. The lowest BCUT2D eigenvalue weighted by Crippen LogP contribution is -2.39. The van der Waals surface area contributed by atoms with Crippen molar-refractivity contribution < 1.29 is 18.0 Å². The van der Waals surface area contributed by atoms with Crippen LogP contribution in [0.15, 0.2) is 36.4 Å². The van der Waals surface area contributed by atoms with Gasteiger partial charge in [-0.15, -0.1) is 12.4 Å². The van der Waals surface area contributed by atoms with E-state index in [0.717, 1.165) is 30.5 Å². The molecule has 1 heterocycles. The Balaban J connectivity index is 0.00000300. The van der Waals surface area contributed by atoms with Crippen molar-refractivity contribution in [2.24, 2.45) is 0 Å². The predicted octanol–water partition coefficient (Wildman–Crippen LogP) is 5.12. The third kappa shape index (κ3) is 5.07. The number of nitrogens with zero attached hydrogens (tertiary/aromatic N) is 3. The van der Waals surface area contributed by atoms with Gasteiger partial charge >= 0.3 is 0 Å². The van der Waals surface area contributed by atoms with Crippen molar-refractivity contribution in [2.75, 3.05) is 31.1 Å². The molecular formula is C20H21ClF3N3OS. The summed E-state index contributed by atoms with van der Waals surface area (Å²) in [7, 11) is 0. The van der Waals surface area contributed by atoms with E-state index < -0.39 is 23.4 Å². The first kappa shape index (κ1) is 23.1. The molecule has 1 amide bonds. The fourth-order valence-electron chi connectivity index (χ4n) is 2.91. The number of amides is 1. The lowest BCUT2D eigenvalue weighted by molar-refractivity contribution is 0.0980. The molecule has 4 nitrogen and oxygen atoms in total. The highest BCUT2D eigenvalue weighted by molar-refractivity contribution is 7.22. The smallest absolute Gasteiger partial charge is 0.263 e. The van der Waals surface area contributed by atoms with Crippen molar-refractivity contribution in [3.8, 4) is 0 Å². The molecule has 0 N–H and O–H groups in total. The Kier molecular flexibility index (Phi) is 8.01. The maximum Gasteiger partial charge on any atom is 0.263 e. The second-order valence-electron chi connectivity index (χ2n) is 6.19. The van der Waals surface area contributed by atoms with Gasteiger partial charge in [0.2, 0.25) is 0 Å². The van der Waals surface area contributed by atoms with Crippen LogP contribution in [0.2, 0.25) is 0 Å². The summed E-state index contributed by atoms with van der Waals surface area (Å²) >= 11 is 1.00. The summed E-state index contributed by atoms with van der Waals surface area (Å²) in [4.78, 5) is 20.7. The van der Waals surface area contributed by atoms with E-state index in [9.17, 15) is 18.0 Å². The first-order chi connectivity index (χ1) is 13.4. The number of carbonyl (C=O) groups excluding carboxylic acids is 1. The van der Waals surface area contributed by atoms with Crippen LogP contribution in [0.5, 0.6) is 0 Å². The summed E-state index contributed by atoms with van der Waals surface area (Å²) in [6, 6.07) is 7.62. The number of rotatable bonds is 7. The minimum atomic E-state index is -0.792. The normalized spacial score (nSPS) is 11.0. The lowest BCUT2D eigenvalue weighted by atomic mass is 10.2. The van der Waals surface area contributed by atoms with Crippen LogP contribution in [0.1, 0.15) is 24.2 Å². The number of aromatic nitrogens is 1. The summed E-state index contributed by atoms with van der Waals surface area (Å²) in [5.41, 5.74) is -0.0940. The summed E-state index contributed by atoms with van der Waals surface area (Å²) in [5, 5.41) is 0.208. The molecule has 29 heavy (non-hydrogen) atoms. The van der Waals surface area contributed by atoms with Gasteiger partial charge in [-0.3, -0.25) is 9.69 Å². The number of fused-ring (bicyclic) bond motifs is 1. The second kappa shape index (κ2) is 10.0. The minimum Gasteiger partial charge on any atom is -0.302 e. The van der Waals surface area contributed by atoms with Gasteiger partial charge in [0.15, 0.2) is 10.9 Å². The summed E-state index contributed by atoms with van der Waals surface area (Å²) in [6.07, 6.45) is 0. The number of hydrogen-bond donors (Lipinski definition) is 0. The zero-order valence-electron chi connectivity index (χ0n) is 16.0. The van der Waals surface area contributed by atoms with Crippen molar-refractivity contribution in [3.63, 3.8) is 0 Å². The molecule has 0 atom stereocenters. The van der Waals surface area contributed by atoms with Gasteiger partial charge in [0.1, 0.15) is 17.2 Å². The van der Waals surface area contributed by atoms with Crippen molar-refractivity contribution in [1.82, 2.24) is 9.88 Å². The molecule has 3 rings (SSSR count). The average Bonchev–Trinajstić information content (AvgIpc) is 3.09. The highest BCUT2D eigenvalue weighted by atomic mass is 35.5. The second-order valence-corrected chi connectivity index (χ2v) is 7.20. The Hall–Kier alpha value is -2.16. The van der Waals surface area contributed by atoms with Crippen LogP contribution in [0.4, 0.5) is 18.3 Å². The van der Waals surface area contributed by atoms with Gasteiger partial charge in [-0.05, 0) is 31.3 Å². The molecule has 9 heteroatoms. The summed E-state index contributed by atoms with van der Waals surface area (Å²) in [6.45, 7) is 6.37. The average molecular weight is 444 g/mol. The van der Waals surface area contributed by atoms with Crippen molar-refractivity contribution in [3.05, 3.63) is 59.4 Å². The van der Waals surface area contributed by atoms with Crippen LogP contribution in [0.3, 0.4) is 0 Å². The van der Waals surface area contributed by atoms with Gasteiger partial charge in [-0.1, -0.05) is 37.3 Å². The highest BCUT2D eigenvalue weighted by Crippen LogP contribution is 2.32. The maximum atomic E-state index is 14.2. The summed E-state index contributed by atoms with van der Waals surface area (Å²) in [5.74, 6) is -2.71. The van der Waals surface area contributed by atoms with Crippen LogP contribution in [0.25, 0.3) is 10.2 Å². The van der Waals surface area contributed by atoms with Crippen molar-refractivity contribution in [1.29, 1.82) is 0 Å². The number of anilines is 1. The third-order valence-electron chi connectivity index (χ3n) is 4.52. The molecule has 0 spiro atoms. The van der Waals surface area contributed by atoms with Crippen molar-refractivity contribution >= 4 is 45.0 Å². The number of thiazole rings is 1. The van der Waals surface area contributed by atoms with E-state index >= 15 is 0 Å². The number of halogens is 4. The molecule has 0 fully saturated rings. The molecule has 0 saturated heterocycles. The highest BCUT2D eigenvalue weighted by Gasteiger charge is 2.24. The monoisotopic (exact) mass is 443 g/mol. The van der Waals surface area contributed by atoms with Crippen molar-refractivity contribution in [2.45, 2.75) is 13.8 Å². The standard InChI is InChI=1S/C20H20F3N3OS.ClH/c1-3-25(4-2)9-10-26(19(27)14-7-5-6-8-15(14)22)20-24-18-16(23)11-13(21)12-17(18)28-20;/h5-8,11-12H,3-4,9-10H2,1-2H3;1H. The number of carbonyl (C=O) groups is 1. The fourth-order valence-corrected chi connectivity index (χ4v) is 3.94. The molecule has 0 aliphatic rings. The van der Waals surface area contributed by atoms with E-state index in [-0.39, 0.29) is 35.2 Å². The van der Waals surface area contributed by atoms with E-state index in [1.807, 2.05) is 13.8 Å². The zero-order chi connectivity index (χ0) is 20.3. The zero-order valence-corrected chi connectivity index (χ0v) is 17.6. The molecule has 0 aliphatic heterocycles. The van der Waals surface area contributed by atoms with E-state index in [4.69, 9.17) is 0 Å². The van der Waals surface area contributed by atoms with Crippen LogP contribution >= 0.6 is 23.7 Å². The van der Waals surface area contributed by atoms with E-state index in [1.54, 1.807) is 6.07 Å². The minimum absolute atomic E-state index is 0. The third-order valence-corrected chi connectivity index (χ3v) is 5.54. The van der Waals surface area contributed by atoms with Gasteiger partial charge in [0.25, 0.3) is 5.91 Å². The molecule has 3 aromatic rings. The first-order valence-electron chi connectivity index (χ1n) is 8.98. The van der Waals surface area contributed by atoms with Crippen LogP contribution in [-0.4, -0.2) is 42.0 Å². The topological polar surface area (TPSA) is 36.4 Å². The quantitative estimate of drug-likeness (QED) is 0.508. The Labute approximate surface area is 177 Å². The first-order valence-corrected chi connectivity index (χ1v) is 9.80. The van der Waals surface area contributed by atoms with Gasteiger partial charge in [-0.25, -0.2) is 18.2 Å². The molecule has 0 saturated carbocycles. The Morgan fingerprint density at radius 2 is 1.72 bits per heavy atom. The van der Waals surface area contributed by atoms with E-state index in [0.29, 0.717) is 11.2 Å². The van der Waals surface area contributed by atoms with Crippen LogP contribution in [-0.2, 0) is 0 Å². The largest absolute Gasteiger partial charge is 0.302 e. The SMILES string of the molecule is CCN(CC)CCN(C(=O)c1ccccc1F)c1nc2c(F)cc(F)cc2s1.Cl. The van der Waals surface area contributed by atoms with Crippen LogP contribution < -0.4 is 4.90 Å². The molecular weight excluding hydrogens is 423 g/mol. The van der Waals surface area contributed by atoms with Crippen LogP contribution in [0, 0.1) is 17.5 Å². The number of likely N-dealkylation sites (N-methyl/N-ethyl adjacent to an activating group) is 1. The molecule has 0 unspecified atom stereocenters. The number of hydrogen-bond acceptors (Lipinski definition) is 4. The molecule has 156 valence electrons. The van der Waals surface area contributed by atoms with Gasteiger partial charge < -0.3 is 4.90 Å². The molecule has 0 radical (unpaired) electrons. The van der Waals surface area contributed by atoms with E-state index in [2.05, 4.69) is 9.88 Å². The summed E-state index contributed by atoms with van der Waals surface area (Å²) < 4.78 is 42.1. The Bertz CT molecular complexity index is 994. The fraction of sp³-hybridized carbons (Fsp3) is 0.300.